The summed E-state index contributed by atoms with van der Waals surface area (Å²) in [6.07, 6.45) is 6.20. The van der Waals surface area contributed by atoms with E-state index in [1.807, 2.05) is 25.3 Å². The van der Waals surface area contributed by atoms with Crippen molar-refractivity contribution in [3.8, 4) is 5.75 Å². The Kier molecular flexibility index (Phi) is 10.3. The number of aromatic nitrogens is 2. The van der Waals surface area contributed by atoms with Crippen LogP contribution in [-0.4, -0.2) is 42.2 Å². The number of hydrogen-bond acceptors (Lipinski definition) is 5. The number of ether oxygens (including phenoxy) is 1. The van der Waals surface area contributed by atoms with Crippen LogP contribution in [0.1, 0.15) is 16.8 Å². The number of halogens is 1. The summed E-state index contributed by atoms with van der Waals surface area (Å²) >= 11 is 1.72. The molecule has 2 rings (SSSR count). The molecule has 132 valence electrons. The van der Waals surface area contributed by atoms with Gasteiger partial charge in [-0.15, -0.1) is 35.3 Å². The van der Waals surface area contributed by atoms with Gasteiger partial charge in [0.25, 0.3) is 0 Å². The number of aliphatic imine (C=N–C) groups is 1. The summed E-state index contributed by atoms with van der Waals surface area (Å²) in [4.78, 5) is 14.2. The fourth-order valence-electron chi connectivity index (χ4n) is 1.89. The quantitative estimate of drug-likeness (QED) is 0.274. The van der Waals surface area contributed by atoms with E-state index in [2.05, 4.69) is 32.5 Å². The second-order valence-corrected chi connectivity index (χ2v) is 6.16. The first kappa shape index (κ1) is 20.6. The van der Waals surface area contributed by atoms with Crippen molar-refractivity contribution >= 4 is 41.3 Å². The molecule has 0 atom stereocenters. The fraction of sp³-hybridized carbons (Fsp3) is 0.438. The maximum Gasteiger partial charge on any atom is 0.191 e. The average molecular weight is 461 g/mol. The van der Waals surface area contributed by atoms with Gasteiger partial charge in [0.05, 0.1) is 17.7 Å². The number of aryl methyl sites for hydroxylation is 1. The van der Waals surface area contributed by atoms with Crippen molar-refractivity contribution in [2.45, 2.75) is 20.3 Å². The SMILES string of the molecule is CCNC(=NCCc1ncc(C)s1)NCCOc1cccnc1.I. The number of thiazole rings is 1. The summed E-state index contributed by atoms with van der Waals surface area (Å²) in [5, 5.41) is 7.61. The van der Waals surface area contributed by atoms with Crippen LogP contribution in [-0.2, 0) is 6.42 Å². The van der Waals surface area contributed by atoms with Gasteiger partial charge in [-0.1, -0.05) is 0 Å². The lowest BCUT2D eigenvalue weighted by atomic mass is 10.4. The highest BCUT2D eigenvalue weighted by Crippen LogP contribution is 2.11. The normalized spacial score (nSPS) is 10.8. The van der Waals surface area contributed by atoms with Gasteiger partial charge in [0.1, 0.15) is 12.4 Å². The molecule has 24 heavy (non-hydrogen) atoms. The number of pyridine rings is 1. The molecule has 0 spiro atoms. The Morgan fingerprint density at radius 2 is 2.21 bits per heavy atom. The van der Waals surface area contributed by atoms with Gasteiger partial charge in [-0.2, -0.15) is 0 Å². The molecule has 8 heteroatoms. The molecule has 2 aromatic rings. The first-order chi connectivity index (χ1) is 11.3. The van der Waals surface area contributed by atoms with Crippen molar-refractivity contribution in [3.05, 3.63) is 40.6 Å². The number of hydrogen-bond donors (Lipinski definition) is 2. The molecule has 0 unspecified atom stereocenters. The maximum atomic E-state index is 5.59. The molecular weight excluding hydrogens is 437 g/mol. The van der Waals surface area contributed by atoms with Crippen molar-refractivity contribution < 1.29 is 4.74 Å². The molecule has 0 aliphatic heterocycles. The van der Waals surface area contributed by atoms with Crippen LogP contribution in [0.2, 0.25) is 0 Å². The van der Waals surface area contributed by atoms with Crippen molar-refractivity contribution in [1.29, 1.82) is 0 Å². The molecule has 0 amide bonds. The van der Waals surface area contributed by atoms with Gasteiger partial charge in [0, 0.05) is 36.8 Å². The molecule has 0 fully saturated rings. The Morgan fingerprint density at radius 3 is 2.88 bits per heavy atom. The highest BCUT2D eigenvalue weighted by Gasteiger charge is 2.00. The standard InChI is InChI=1S/C16H23N5OS.HI/c1-3-18-16(19-8-6-15-21-11-13(2)23-15)20-9-10-22-14-5-4-7-17-12-14;/h4-5,7,11-12H,3,6,8-10H2,1-2H3,(H2,18,19,20);1H. The minimum absolute atomic E-state index is 0. The van der Waals surface area contributed by atoms with Crippen molar-refractivity contribution in [2.75, 3.05) is 26.2 Å². The summed E-state index contributed by atoms with van der Waals surface area (Å²) in [6, 6.07) is 3.75. The van der Waals surface area contributed by atoms with E-state index >= 15 is 0 Å². The Morgan fingerprint density at radius 1 is 1.33 bits per heavy atom. The Balaban J connectivity index is 0.00000288. The van der Waals surface area contributed by atoms with Crippen LogP contribution in [0.3, 0.4) is 0 Å². The fourth-order valence-corrected chi connectivity index (χ4v) is 2.67. The van der Waals surface area contributed by atoms with Crippen molar-refractivity contribution in [2.24, 2.45) is 4.99 Å². The molecule has 2 heterocycles. The molecule has 6 nitrogen and oxygen atoms in total. The largest absolute Gasteiger partial charge is 0.490 e. The van der Waals surface area contributed by atoms with Gasteiger partial charge in [0.2, 0.25) is 0 Å². The van der Waals surface area contributed by atoms with Crippen LogP contribution >= 0.6 is 35.3 Å². The summed E-state index contributed by atoms with van der Waals surface area (Å²) in [7, 11) is 0. The van der Waals surface area contributed by atoms with E-state index in [1.54, 1.807) is 23.7 Å². The lowest BCUT2D eigenvalue weighted by molar-refractivity contribution is 0.320. The van der Waals surface area contributed by atoms with E-state index in [1.165, 1.54) is 4.88 Å². The Bertz CT molecular complexity index is 606. The molecule has 0 saturated carbocycles. The van der Waals surface area contributed by atoms with Crippen LogP contribution in [0.15, 0.2) is 35.7 Å². The lowest BCUT2D eigenvalue weighted by Crippen LogP contribution is -2.39. The lowest BCUT2D eigenvalue weighted by Gasteiger charge is -2.11. The minimum Gasteiger partial charge on any atom is -0.490 e. The number of rotatable bonds is 8. The molecule has 0 aliphatic carbocycles. The second-order valence-electron chi connectivity index (χ2n) is 4.84. The third kappa shape index (κ3) is 7.91. The Labute approximate surface area is 164 Å². The molecule has 0 aromatic carbocycles. The topological polar surface area (TPSA) is 71.4 Å². The average Bonchev–Trinajstić information content (AvgIpc) is 2.98. The zero-order valence-corrected chi connectivity index (χ0v) is 17.1. The molecule has 0 radical (unpaired) electrons. The van der Waals surface area contributed by atoms with Crippen LogP contribution in [0.4, 0.5) is 0 Å². The molecule has 0 bridgehead atoms. The smallest absolute Gasteiger partial charge is 0.191 e. The molecule has 0 aliphatic rings. The molecular formula is C16H24IN5OS. The number of guanidine groups is 1. The van der Waals surface area contributed by atoms with E-state index in [4.69, 9.17) is 4.74 Å². The van der Waals surface area contributed by atoms with Gasteiger partial charge >= 0.3 is 0 Å². The van der Waals surface area contributed by atoms with Gasteiger partial charge in [0.15, 0.2) is 5.96 Å². The second kappa shape index (κ2) is 12.0. The minimum atomic E-state index is 0. The zero-order valence-electron chi connectivity index (χ0n) is 14.0. The van der Waals surface area contributed by atoms with Crippen LogP contribution in [0.5, 0.6) is 5.75 Å². The number of nitrogens with one attached hydrogen (secondary N) is 2. The van der Waals surface area contributed by atoms with E-state index in [0.29, 0.717) is 19.7 Å². The first-order valence-corrected chi connectivity index (χ1v) is 8.56. The molecule has 2 aromatic heterocycles. The van der Waals surface area contributed by atoms with E-state index < -0.39 is 0 Å². The van der Waals surface area contributed by atoms with E-state index in [0.717, 1.165) is 29.7 Å². The maximum absolute atomic E-state index is 5.59. The Hall–Kier alpha value is -1.42. The van der Waals surface area contributed by atoms with E-state index in [9.17, 15) is 0 Å². The summed E-state index contributed by atoms with van der Waals surface area (Å²) in [5.74, 6) is 1.57. The van der Waals surface area contributed by atoms with Gasteiger partial charge in [-0.3, -0.25) is 9.98 Å². The van der Waals surface area contributed by atoms with Crippen LogP contribution < -0.4 is 15.4 Å². The summed E-state index contributed by atoms with van der Waals surface area (Å²) < 4.78 is 5.59. The molecule has 0 saturated heterocycles. The van der Waals surface area contributed by atoms with Gasteiger partial charge in [-0.25, -0.2) is 4.98 Å². The summed E-state index contributed by atoms with van der Waals surface area (Å²) in [6.45, 7) is 6.89. The van der Waals surface area contributed by atoms with E-state index in [-0.39, 0.29) is 24.0 Å². The van der Waals surface area contributed by atoms with Gasteiger partial charge in [-0.05, 0) is 26.0 Å². The zero-order chi connectivity index (χ0) is 16.3. The van der Waals surface area contributed by atoms with Gasteiger partial charge < -0.3 is 15.4 Å². The predicted molar refractivity (Wildman–Crippen MR) is 110 cm³/mol. The summed E-state index contributed by atoms with van der Waals surface area (Å²) in [5.41, 5.74) is 0. The highest BCUT2D eigenvalue weighted by atomic mass is 127. The molecule has 2 N–H and O–H groups in total. The predicted octanol–water partition coefficient (Wildman–Crippen LogP) is 2.64. The first-order valence-electron chi connectivity index (χ1n) is 7.74. The van der Waals surface area contributed by atoms with Crippen LogP contribution in [0, 0.1) is 6.92 Å². The third-order valence-electron chi connectivity index (χ3n) is 2.91. The monoisotopic (exact) mass is 461 g/mol. The van der Waals surface area contributed by atoms with Crippen molar-refractivity contribution in [3.63, 3.8) is 0 Å². The number of nitrogens with zero attached hydrogens (tertiary/aromatic N) is 3. The van der Waals surface area contributed by atoms with Crippen LogP contribution in [0.25, 0.3) is 0 Å². The van der Waals surface area contributed by atoms with Crippen molar-refractivity contribution in [1.82, 2.24) is 20.6 Å². The highest BCUT2D eigenvalue weighted by molar-refractivity contribution is 14.0. The third-order valence-corrected chi connectivity index (χ3v) is 3.88.